The smallest absolute Gasteiger partial charge is 0.172 e. The summed E-state index contributed by atoms with van der Waals surface area (Å²) in [5.41, 5.74) is 7.54. The van der Waals surface area contributed by atoms with Crippen LogP contribution < -0.4 is 10.6 Å². The Balaban J connectivity index is 2.30. The second-order valence-electron chi connectivity index (χ2n) is 4.55. The number of oxime groups is 1. The largest absolute Gasteiger partial charge is 0.409 e. The van der Waals surface area contributed by atoms with Crippen LogP contribution in [0.15, 0.2) is 29.4 Å². The Morgan fingerprint density at radius 1 is 1.35 bits per heavy atom. The molecule has 0 bridgehead atoms. The highest BCUT2D eigenvalue weighted by Gasteiger charge is 2.22. The van der Waals surface area contributed by atoms with E-state index in [0.29, 0.717) is 6.04 Å². The predicted octanol–water partition coefficient (Wildman–Crippen LogP) is 2.16. The molecule has 1 aliphatic carbocycles. The van der Waals surface area contributed by atoms with Crippen LogP contribution in [0.2, 0.25) is 0 Å². The third-order valence-corrected chi connectivity index (χ3v) is 3.54. The van der Waals surface area contributed by atoms with Gasteiger partial charge < -0.3 is 15.8 Å². The molecule has 4 nitrogen and oxygen atoms in total. The van der Waals surface area contributed by atoms with E-state index >= 15 is 0 Å². The van der Waals surface area contributed by atoms with Gasteiger partial charge in [-0.1, -0.05) is 30.1 Å². The molecule has 2 rings (SSSR count). The van der Waals surface area contributed by atoms with Gasteiger partial charge >= 0.3 is 0 Å². The zero-order chi connectivity index (χ0) is 12.3. The summed E-state index contributed by atoms with van der Waals surface area (Å²) in [7, 11) is 2.08. The monoisotopic (exact) mass is 233 g/mol. The minimum absolute atomic E-state index is 0.172. The Morgan fingerprint density at radius 3 is 2.65 bits per heavy atom. The maximum Gasteiger partial charge on any atom is 0.172 e. The molecule has 1 aromatic carbocycles. The van der Waals surface area contributed by atoms with E-state index in [-0.39, 0.29) is 5.84 Å². The number of nitrogens with zero attached hydrogens (tertiary/aromatic N) is 2. The van der Waals surface area contributed by atoms with Crippen LogP contribution in [0.5, 0.6) is 0 Å². The first-order chi connectivity index (χ1) is 8.24. The van der Waals surface area contributed by atoms with Crippen molar-refractivity contribution in [2.45, 2.75) is 31.7 Å². The summed E-state index contributed by atoms with van der Waals surface area (Å²) in [5.74, 6) is 0.172. The molecule has 0 radical (unpaired) electrons. The van der Waals surface area contributed by atoms with Gasteiger partial charge in [-0.05, 0) is 25.0 Å². The van der Waals surface area contributed by atoms with E-state index in [2.05, 4.69) is 17.1 Å². The number of hydrogen-bond acceptors (Lipinski definition) is 3. The molecule has 0 amide bonds. The molecule has 1 aromatic rings. The van der Waals surface area contributed by atoms with Gasteiger partial charge in [-0.25, -0.2) is 0 Å². The van der Waals surface area contributed by atoms with Crippen LogP contribution in [0, 0.1) is 0 Å². The average molecular weight is 233 g/mol. The molecule has 4 heteroatoms. The summed E-state index contributed by atoms with van der Waals surface area (Å²) in [4.78, 5) is 2.25. The quantitative estimate of drug-likeness (QED) is 0.364. The van der Waals surface area contributed by atoms with Crippen molar-refractivity contribution in [1.82, 2.24) is 0 Å². The van der Waals surface area contributed by atoms with Crippen molar-refractivity contribution in [2.24, 2.45) is 10.9 Å². The Kier molecular flexibility index (Phi) is 3.52. The lowest BCUT2D eigenvalue weighted by Gasteiger charge is -2.28. The molecule has 0 saturated heterocycles. The number of para-hydroxylation sites is 1. The first-order valence-electron chi connectivity index (χ1n) is 6.04. The van der Waals surface area contributed by atoms with Crippen molar-refractivity contribution in [3.8, 4) is 0 Å². The summed E-state index contributed by atoms with van der Waals surface area (Å²) in [6.07, 6.45) is 5.03. The second-order valence-corrected chi connectivity index (χ2v) is 4.55. The third-order valence-electron chi connectivity index (χ3n) is 3.54. The Morgan fingerprint density at radius 2 is 2.00 bits per heavy atom. The molecule has 1 fully saturated rings. The van der Waals surface area contributed by atoms with Gasteiger partial charge in [-0.3, -0.25) is 0 Å². The first kappa shape index (κ1) is 11.8. The number of benzene rings is 1. The molecule has 1 saturated carbocycles. The fourth-order valence-electron chi connectivity index (χ4n) is 2.54. The molecule has 0 spiro atoms. The minimum atomic E-state index is 0.172. The van der Waals surface area contributed by atoms with Crippen molar-refractivity contribution >= 4 is 11.5 Å². The average Bonchev–Trinajstić information content (AvgIpc) is 2.91. The fourth-order valence-corrected chi connectivity index (χ4v) is 2.54. The van der Waals surface area contributed by atoms with Crippen molar-refractivity contribution in [2.75, 3.05) is 11.9 Å². The predicted molar refractivity (Wildman–Crippen MR) is 69.6 cm³/mol. The van der Waals surface area contributed by atoms with Crippen LogP contribution in [-0.4, -0.2) is 24.1 Å². The van der Waals surface area contributed by atoms with Gasteiger partial charge in [0, 0.05) is 24.3 Å². The van der Waals surface area contributed by atoms with Crippen LogP contribution in [0.4, 0.5) is 5.69 Å². The maximum atomic E-state index is 8.80. The first-order valence-corrected chi connectivity index (χ1v) is 6.04. The SMILES string of the molecule is CN(c1ccccc1/C(N)=N/O)C1CCCC1. The Labute approximate surface area is 102 Å². The van der Waals surface area contributed by atoms with Gasteiger partial charge in [0.2, 0.25) is 0 Å². The molecule has 0 aliphatic heterocycles. The Hall–Kier alpha value is -1.71. The summed E-state index contributed by atoms with van der Waals surface area (Å²) in [6, 6.07) is 8.36. The van der Waals surface area contributed by atoms with Crippen LogP contribution in [0.25, 0.3) is 0 Å². The highest BCUT2D eigenvalue weighted by Crippen LogP contribution is 2.28. The van der Waals surface area contributed by atoms with Gasteiger partial charge in [0.05, 0.1) is 0 Å². The molecular formula is C13H19N3O. The highest BCUT2D eigenvalue weighted by molar-refractivity contribution is 6.02. The van der Waals surface area contributed by atoms with Crippen LogP contribution in [0.3, 0.4) is 0 Å². The zero-order valence-corrected chi connectivity index (χ0v) is 10.1. The zero-order valence-electron chi connectivity index (χ0n) is 10.1. The molecule has 17 heavy (non-hydrogen) atoms. The summed E-state index contributed by atoms with van der Waals surface area (Å²) < 4.78 is 0. The maximum absolute atomic E-state index is 8.80. The fraction of sp³-hybridized carbons (Fsp3) is 0.462. The topological polar surface area (TPSA) is 61.8 Å². The van der Waals surface area contributed by atoms with Gasteiger partial charge in [0.25, 0.3) is 0 Å². The lowest BCUT2D eigenvalue weighted by molar-refractivity contribution is 0.318. The van der Waals surface area contributed by atoms with Crippen molar-refractivity contribution in [3.63, 3.8) is 0 Å². The van der Waals surface area contributed by atoms with Crippen molar-refractivity contribution < 1.29 is 5.21 Å². The summed E-state index contributed by atoms with van der Waals surface area (Å²) >= 11 is 0. The van der Waals surface area contributed by atoms with E-state index in [1.54, 1.807) is 0 Å². The standard InChI is InChI=1S/C13H19N3O/c1-16(10-6-2-3-7-10)12-9-5-4-8-11(12)13(14)15-17/h4-5,8-10,17H,2-3,6-7H2,1H3,(H2,14,15). The molecular weight excluding hydrogens is 214 g/mol. The number of hydrogen-bond donors (Lipinski definition) is 2. The van der Waals surface area contributed by atoms with Crippen LogP contribution in [0.1, 0.15) is 31.2 Å². The normalized spacial score (nSPS) is 17.4. The summed E-state index contributed by atoms with van der Waals surface area (Å²) in [6.45, 7) is 0. The molecule has 0 aromatic heterocycles. The second kappa shape index (κ2) is 5.08. The van der Waals surface area contributed by atoms with E-state index < -0.39 is 0 Å². The lowest BCUT2D eigenvalue weighted by atomic mass is 10.1. The van der Waals surface area contributed by atoms with E-state index in [1.807, 2.05) is 24.3 Å². The van der Waals surface area contributed by atoms with Crippen LogP contribution in [-0.2, 0) is 0 Å². The van der Waals surface area contributed by atoms with Crippen molar-refractivity contribution in [3.05, 3.63) is 29.8 Å². The number of rotatable bonds is 3. The van der Waals surface area contributed by atoms with Gasteiger partial charge in [-0.15, -0.1) is 0 Å². The molecule has 92 valence electrons. The van der Waals surface area contributed by atoms with E-state index in [1.165, 1.54) is 25.7 Å². The van der Waals surface area contributed by atoms with Crippen molar-refractivity contribution in [1.29, 1.82) is 0 Å². The molecule has 0 unspecified atom stereocenters. The van der Waals surface area contributed by atoms with Gasteiger partial charge in [0.15, 0.2) is 5.84 Å². The molecule has 1 aliphatic rings. The number of nitrogens with two attached hydrogens (primary N) is 1. The van der Waals surface area contributed by atoms with E-state index in [0.717, 1.165) is 11.3 Å². The molecule has 0 heterocycles. The number of anilines is 1. The minimum Gasteiger partial charge on any atom is -0.409 e. The molecule has 3 N–H and O–H groups in total. The third kappa shape index (κ3) is 2.35. The van der Waals surface area contributed by atoms with Gasteiger partial charge in [-0.2, -0.15) is 0 Å². The highest BCUT2D eigenvalue weighted by atomic mass is 16.4. The van der Waals surface area contributed by atoms with E-state index in [9.17, 15) is 0 Å². The van der Waals surface area contributed by atoms with Gasteiger partial charge in [0.1, 0.15) is 0 Å². The van der Waals surface area contributed by atoms with Crippen LogP contribution >= 0.6 is 0 Å². The summed E-state index contributed by atoms with van der Waals surface area (Å²) in [5, 5.41) is 11.9. The Bertz CT molecular complexity index is 411. The lowest BCUT2D eigenvalue weighted by Crippen LogP contribution is -2.31. The van der Waals surface area contributed by atoms with E-state index in [4.69, 9.17) is 10.9 Å². The number of amidine groups is 1. The molecule has 0 atom stereocenters.